The van der Waals surface area contributed by atoms with Crippen molar-refractivity contribution in [2.45, 2.75) is 31.9 Å². The van der Waals surface area contributed by atoms with Gasteiger partial charge >= 0.3 is 0 Å². The van der Waals surface area contributed by atoms with Gasteiger partial charge in [0.15, 0.2) is 0 Å². The van der Waals surface area contributed by atoms with E-state index in [0.717, 1.165) is 36.1 Å². The lowest BCUT2D eigenvalue weighted by Crippen LogP contribution is -2.45. The zero-order chi connectivity index (χ0) is 14.2. The molecule has 1 aromatic heterocycles. The lowest BCUT2D eigenvalue weighted by atomic mass is 9.95. The molecule has 0 spiro atoms. The second-order valence-corrected chi connectivity index (χ2v) is 5.85. The van der Waals surface area contributed by atoms with Crippen molar-refractivity contribution in [3.63, 3.8) is 0 Å². The van der Waals surface area contributed by atoms with E-state index in [1.54, 1.807) is 0 Å². The molecule has 0 bridgehead atoms. The zero-order valence-corrected chi connectivity index (χ0v) is 11.7. The molecule has 0 aliphatic carbocycles. The number of aliphatic hydroxyl groups is 1. The number of anilines is 1. The average molecular weight is 272 g/mol. The Morgan fingerprint density at radius 3 is 2.95 bits per heavy atom. The zero-order valence-electron chi connectivity index (χ0n) is 11.7. The molecule has 0 saturated carbocycles. The van der Waals surface area contributed by atoms with Gasteiger partial charge in [-0.3, -0.25) is 4.90 Å². The lowest BCUT2D eigenvalue weighted by Gasteiger charge is -2.36. The first-order valence-electron chi connectivity index (χ1n) is 6.99. The maximum Gasteiger partial charge on any atom is 0.145 e. The predicted molar refractivity (Wildman–Crippen MR) is 79.1 cm³/mol. The third-order valence-corrected chi connectivity index (χ3v) is 3.80. The van der Waals surface area contributed by atoms with Crippen LogP contribution in [0.15, 0.2) is 24.3 Å². The fourth-order valence-corrected chi connectivity index (χ4v) is 2.88. The Bertz CT molecular complexity index is 626. The lowest BCUT2D eigenvalue weighted by molar-refractivity contribution is -0.0188. The summed E-state index contributed by atoms with van der Waals surface area (Å²) in [5, 5.41) is 11.0. The van der Waals surface area contributed by atoms with E-state index in [2.05, 4.69) is 14.9 Å². The van der Waals surface area contributed by atoms with Crippen LogP contribution in [0.25, 0.3) is 10.9 Å². The van der Waals surface area contributed by atoms with E-state index in [9.17, 15) is 5.11 Å². The molecule has 5 nitrogen and oxygen atoms in total. The summed E-state index contributed by atoms with van der Waals surface area (Å²) in [6.07, 6.45) is 1.85. The summed E-state index contributed by atoms with van der Waals surface area (Å²) >= 11 is 0. The number of aromatic nitrogens is 2. The molecule has 106 valence electrons. The first kappa shape index (κ1) is 13.3. The van der Waals surface area contributed by atoms with E-state index in [1.807, 2.05) is 31.2 Å². The number of benzene rings is 1. The summed E-state index contributed by atoms with van der Waals surface area (Å²) in [5.74, 6) is 1.24. The molecule has 1 fully saturated rings. The molecule has 1 aromatic carbocycles. The third kappa shape index (κ3) is 2.73. The van der Waals surface area contributed by atoms with Crippen LogP contribution in [0.1, 0.15) is 25.6 Å². The van der Waals surface area contributed by atoms with Crippen molar-refractivity contribution in [2.75, 3.05) is 18.8 Å². The van der Waals surface area contributed by atoms with E-state index >= 15 is 0 Å². The highest BCUT2D eigenvalue weighted by Crippen LogP contribution is 2.22. The standard InChI is InChI=1S/C15H20N4O/c1-15(20)7-4-8-19(10-15)9-13-17-12-6-3-2-5-11(12)14(16)18-13/h2-3,5-6,20H,4,7-10H2,1H3,(H2,16,17,18). The molecular formula is C15H20N4O. The van der Waals surface area contributed by atoms with Gasteiger partial charge in [-0.1, -0.05) is 12.1 Å². The second-order valence-electron chi connectivity index (χ2n) is 5.85. The Labute approximate surface area is 118 Å². The van der Waals surface area contributed by atoms with Gasteiger partial charge in [-0.25, -0.2) is 9.97 Å². The van der Waals surface area contributed by atoms with Crippen LogP contribution >= 0.6 is 0 Å². The highest BCUT2D eigenvalue weighted by molar-refractivity contribution is 5.87. The molecule has 0 radical (unpaired) electrons. The van der Waals surface area contributed by atoms with E-state index in [0.29, 0.717) is 18.9 Å². The van der Waals surface area contributed by atoms with E-state index < -0.39 is 5.60 Å². The minimum Gasteiger partial charge on any atom is -0.389 e. The molecule has 2 aromatic rings. The van der Waals surface area contributed by atoms with Gasteiger partial charge < -0.3 is 10.8 Å². The number of rotatable bonds is 2. The maximum absolute atomic E-state index is 10.1. The summed E-state index contributed by atoms with van der Waals surface area (Å²) in [4.78, 5) is 11.1. The van der Waals surface area contributed by atoms with E-state index in [-0.39, 0.29) is 0 Å². The van der Waals surface area contributed by atoms with Crippen molar-refractivity contribution >= 4 is 16.7 Å². The number of para-hydroxylation sites is 1. The van der Waals surface area contributed by atoms with Crippen LogP contribution in [-0.2, 0) is 6.54 Å². The van der Waals surface area contributed by atoms with Gasteiger partial charge in [0.2, 0.25) is 0 Å². The largest absolute Gasteiger partial charge is 0.389 e. The van der Waals surface area contributed by atoms with E-state index in [1.165, 1.54) is 0 Å². The Balaban J connectivity index is 1.84. The summed E-state index contributed by atoms with van der Waals surface area (Å²) in [7, 11) is 0. The molecule has 0 amide bonds. The Hall–Kier alpha value is -1.72. The van der Waals surface area contributed by atoms with Gasteiger partial charge in [0.05, 0.1) is 17.7 Å². The van der Waals surface area contributed by atoms with Crippen LogP contribution in [0.3, 0.4) is 0 Å². The summed E-state index contributed by atoms with van der Waals surface area (Å²) < 4.78 is 0. The molecule has 5 heteroatoms. The minimum atomic E-state index is -0.610. The molecule has 3 rings (SSSR count). The van der Waals surface area contributed by atoms with Crippen LogP contribution in [0.5, 0.6) is 0 Å². The van der Waals surface area contributed by atoms with E-state index in [4.69, 9.17) is 5.73 Å². The normalized spacial score (nSPS) is 24.1. The van der Waals surface area contributed by atoms with Crippen LogP contribution in [0, 0.1) is 0 Å². The third-order valence-electron chi connectivity index (χ3n) is 3.80. The van der Waals surface area contributed by atoms with Crippen LogP contribution in [-0.4, -0.2) is 38.7 Å². The highest BCUT2D eigenvalue weighted by atomic mass is 16.3. The molecule has 1 atom stereocenters. The summed E-state index contributed by atoms with van der Waals surface area (Å²) in [6, 6.07) is 7.76. The molecule has 1 unspecified atom stereocenters. The van der Waals surface area contributed by atoms with Gasteiger partial charge in [-0.05, 0) is 38.4 Å². The van der Waals surface area contributed by atoms with Crippen LogP contribution < -0.4 is 5.73 Å². The fourth-order valence-electron chi connectivity index (χ4n) is 2.88. The second kappa shape index (κ2) is 5.00. The van der Waals surface area contributed by atoms with Crippen LogP contribution in [0.4, 0.5) is 5.82 Å². The summed E-state index contributed by atoms with van der Waals surface area (Å²) in [6.45, 7) is 4.13. The number of nitrogens with two attached hydrogens (primary N) is 1. The number of fused-ring (bicyclic) bond motifs is 1. The number of β-amino-alcohol motifs (C(OH)–C–C–N with tert-alkyl or cyclic N) is 1. The topological polar surface area (TPSA) is 75.3 Å². The molecule has 3 N–H and O–H groups in total. The molecule has 1 aliphatic rings. The number of likely N-dealkylation sites (tertiary alicyclic amines) is 1. The number of hydrogen-bond donors (Lipinski definition) is 2. The Kier molecular flexibility index (Phi) is 3.31. The minimum absolute atomic E-state index is 0.523. The van der Waals surface area contributed by atoms with Crippen LogP contribution in [0.2, 0.25) is 0 Å². The van der Waals surface area contributed by atoms with Gasteiger partial charge in [0.1, 0.15) is 11.6 Å². The first-order chi connectivity index (χ1) is 9.53. The summed E-state index contributed by atoms with van der Waals surface area (Å²) in [5.41, 5.74) is 6.26. The fraction of sp³-hybridized carbons (Fsp3) is 0.467. The number of nitrogens with zero attached hydrogens (tertiary/aromatic N) is 3. The van der Waals surface area contributed by atoms with Gasteiger partial charge in [-0.2, -0.15) is 0 Å². The van der Waals surface area contributed by atoms with Crippen molar-refractivity contribution in [1.29, 1.82) is 0 Å². The molecule has 1 aliphatic heterocycles. The molecule has 2 heterocycles. The highest BCUT2D eigenvalue weighted by Gasteiger charge is 2.28. The molecule has 20 heavy (non-hydrogen) atoms. The number of piperidine rings is 1. The van der Waals surface area contributed by atoms with Crippen molar-refractivity contribution in [3.05, 3.63) is 30.1 Å². The van der Waals surface area contributed by atoms with Gasteiger partial charge in [0, 0.05) is 11.9 Å². The van der Waals surface area contributed by atoms with Crippen molar-refractivity contribution < 1.29 is 5.11 Å². The maximum atomic E-state index is 10.1. The van der Waals surface area contributed by atoms with Gasteiger partial charge in [-0.15, -0.1) is 0 Å². The molecular weight excluding hydrogens is 252 g/mol. The quantitative estimate of drug-likeness (QED) is 0.867. The average Bonchev–Trinajstić information content (AvgIpc) is 2.37. The SMILES string of the molecule is CC1(O)CCCN(Cc2nc(N)c3ccccc3n2)C1. The van der Waals surface area contributed by atoms with Crippen molar-refractivity contribution in [3.8, 4) is 0 Å². The van der Waals surface area contributed by atoms with Gasteiger partial charge in [0.25, 0.3) is 0 Å². The Morgan fingerprint density at radius 2 is 2.15 bits per heavy atom. The predicted octanol–water partition coefficient (Wildman–Crippen LogP) is 1.56. The van der Waals surface area contributed by atoms with Crippen molar-refractivity contribution in [1.82, 2.24) is 14.9 Å². The first-order valence-corrected chi connectivity index (χ1v) is 6.99. The Morgan fingerprint density at radius 1 is 1.35 bits per heavy atom. The molecule has 1 saturated heterocycles. The monoisotopic (exact) mass is 272 g/mol. The number of nitrogen functional groups attached to an aromatic ring is 1. The number of hydrogen-bond acceptors (Lipinski definition) is 5. The smallest absolute Gasteiger partial charge is 0.145 e. The van der Waals surface area contributed by atoms with Crippen molar-refractivity contribution in [2.24, 2.45) is 0 Å².